The van der Waals surface area contributed by atoms with E-state index in [4.69, 9.17) is 9.15 Å². The number of hydrogen-bond acceptors (Lipinski definition) is 7. The minimum absolute atomic E-state index is 0.0152. The fraction of sp³-hybridized carbons (Fsp3) is 0.136. The molecular formula is C22H16N2O6. The van der Waals surface area contributed by atoms with E-state index in [2.05, 4.69) is 5.10 Å². The zero-order valence-electron chi connectivity index (χ0n) is 15.8. The van der Waals surface area contributed by atoms with E-state index < -0.39 is 17.3 Å². The van der Waals surface area contributed by atoms with E-state index in [9.17, 15) is 19.8 Å². The third kappa shape index (κ3) is 2.73. The number of esters is 1. The molecular weight excluding hydrogens is 388 g/mol. The lowest BCUT2D eigenvalue weighted by Gasteiger charge is -2.25. The fourth-order valence-corrected chi connectivity index (χ4v) is 3.91. The Bertz CT molecular complexity index is 1370. The number of phenolic OH excluding ortho intramolecular Hbond substituents is 2. The molecule has 5 rings (SSSR count). The van der Waals surface area contributed by atoms with Crippen molar-refractivity contribution < 1.29 is 24.2 Å². The van der Waals surface area contributed by atoms with Crippen molar-refractivity contribution in [3.8, 4) is 28.6 Å². The molecule has 1 aliphatic heterocycles. The van der Waals surface area contributed by atoms with Crippen molar-refractivity contribution in [2.24, 2.45) is 7.05 Å². The lowest BCUT2D eigenvalue weighted by Crippen LogP contribution is -2.23. The molecule has 2 N–H and O–H groups in total. The highest BCUT2D eigenvalue weighted by Crippen LogP contribution is 2.45. The minimum Gasteiger partial charge on any atom is -0.508 e. The molecule has 30 heavy (non-hydrogen) atoms. The number of aromatic nitrogens is 2. The van der Waals surface area contributed by atoms with Crippen molar-refractivity contribution in [3.05, 3.63) is 70.1 Å². The molecule has 0 bridgehead atoms. The molecule has 1 atom stereocenters. The van der Waals surface area contributed by atoms with Crippen LogP contribution in [0.4, 0.5) is 0 Å². The van der Waals surface area contributed by atoms with Gasteiger partial charge in [0.1, 0.15) is 34.0 Å². The first-order valence-corrected chi connectivity index (χ1v) is 9.24. The van der Waals surface area contributed by atoms with Crippen molar-refractivity contribution in [1.82, 2.24) is 9.78 Å². The van der Waals surface area contributed by atoms with E-state index in [0.29, 0.717) is 11.1 Å². The van der Waals surface area contributed by atoms with E-state index in [-0.39, 0.29) is 40.4 Å². The van der Waals surface area contributed by atoms with E-state index in [1.165, 1.54) is 24.3 Å². The van der Waals surface area contributed by atoms with Crippen LogP contribution in [-0.4, -0.2) is 26.0 Å². The lowest BCUT2D eigenvalue weighted by atomic mass is 9.88. The van der Waals surface area contributed by atoms with Crippen molar-refractivity contribution in [3.63, 3.8) is 0 Å². The highest BCUT2D eigenvalue weighted by atomic mass is 16.5. The van der Waals surface area contributed by atoms with Crippen molar-refractivity contribution in [2.75, 3.05) is 0 Å². The quantitative estimate of drug-likeness (QED) is 0.390. The number of fused-ring (bicyclic) bond motifs is 3. The molecule has 2 aromatic heterocycles. The van der Waals surface area contributed by atoms with Gasteiger partial charge in [-0.05, 0) is 30.3 Å². The standard InChI is InChI=1S/C22H16N2O6/c1-24-14(6-7-23-24)13-8-19(28)29-18-10-16(27)21-15(26)9-17(30-22(21)20(13)18)11-2-4-12(25)5-3-11/h2-7,9-10,13,25,27H,8H2,1H3/t13-/m1/s1. The van der Waals surface area contributed by atoms with Gasteiger partial charge in [0.2, 0.25) is 0 Å². The molecule has 0 unspecified atom stereocenters. The van der Waals surface area contributed by atoms with Crippen molar-refractivity contribution in [2.45, 2.75) is 12.3 Å². The molecule has 3 heterocycles. The normalized spacial score (nSPS) is 15.8. The van der Waals surface area contributed by atoms with Crippen LogP contribution in [0, 0.1) is 0 Å². The summed E-state index contributed by atoms with van der Waals surface area (Å²) in [4.78, 5) is 25.1. The van der Waals surface area contributed by atoms with Gasteiger partial charge in [-0.2, -0.15) is 5.10 Å². The Morgan fingerprint density at radius 3 is 2.57 bits per heavy atom. The van der Waals surface area contributed by atoms with Gasteiger partial charge in [0.25, 0.3) is 0 Å². The van der Waals surface area contributed by atoms with E-state index in [0.717, 1.165) is 5.69 Å². The topological polar surface area (TPSA) is 115 Å². The SMILES string of the molecule is Cn1nccc1[C@H]1CC(=O)Oc2cc(O)c3c(=O)cc(-c4ccc(O)cc4)oc3c21. The van der Waals surface area contributed by atoms with E-state index in [1.54, 1.807) is 36.1 Å². The van der Waals surface area contributed by atoms with E-state index in [1.807, 2.05) is 0 Å². The molecule has 1 aliphatic rings. The highest BCUT2D eigenvalue weighted by Gasteiger charge is 2.34. The summed E-state index contributed by atoms with van der Waals surface area (Å²) < 4.78 is 13.1. The fourth-order valence-electron chi connectivity index (χ4n) is 3.91. The number of carbonyl (C=O) groups excluding carboxylic acids is 1. The summed E-state index contributed by atoms with van der Waals surface area (Å²) in [6.45, 7) is 0. The average Bonchev–Trinajstić information content (AvgIpc) is 3.13. The molecule has 0 fully saturated rings. The monoisotopic (exact) mass is 404 g/mol. The van der Waals surface area contributed by atoms with Gasteiger partial charge in [-0.3, -0.25) is 14.3 Å². The van der Waals surface area contributed by atoms with Gasteiger partial charge in [0.05, 0.1) is 6.42 Å². The first-order valence-electron chi connectivity index (χ1n) is 9.24. The number of ether oxygens (including phenoxy) is 1. The predicted molar refractivity (Wildman–Crippen MR) is 107 cm³/mol. The van der Waals surface area contributed by atoms with Crippen LogP contribution in [0.2, 0.25) is 0 Å². The zero-order valence-corrected chi connectivity index (χ0v) is 15.8. The maximum Gasteiger partial charge on any atom is 0.312 e. The smallest absolute Gasteiger partial charge is 0.312 e. The van der Waals surface area contributed by atoms with Gasteiger partial charge < -0.3 is 19.4 Å². The van der Waals surface area contributed by atoms with Crippen LogP contribution < -0.4 is 10.2 Å². The summed E-state index contributed by atoms with van der Waals surface area (Å²) in [7, 11) is 1.76. The summed E-state index contributed by atoms with van der Waals surface area (Å²) >= 11 is 0. The molecule has 2 aromatic carbocycles. The molecule has 0 saturated heterocycles. The number of aromatic hydroxyl groups is 2. The first kappa shape index (κ1) is 18.0. The van der Waals surface area contributed by atoms with Gasteiger partial charge in [-0.25, -0.2) is 0 Å². The summed E-state index contributed by atoms with van der Waals surface area (Å²) in [6, 6.07) is 10.5. The Hall–Kier alpha value is -4.07. The second kappa shape index (κ2) is 6.48. The van der Waals surface area contributed by atoms with Crippen molar-refractivity contribution in [1.29, 1.82) is 0 Å². The van der Waals surface area contributed by atoms with Gasteiger partial charge in [-0.15, -0.1) is 0 Å². The Morgan fingerprint density at radius 2 is 1.87 bits per heavy atom. The van der Waals surface area contributed by atoms with E-state index >= 15 is 0 Å². The van der Waals surface area contributed by atoms with Crippen LogP contribution in [0.3, 0.4) is 0 Å². The summed E-state index contributed by atoms with van der Waals surface area (Å²) in [5, 5.41) is 24.2. The first-order chi connectivity index (χ1) is 14.4. The molecule has 0 aliphatic carbocycles. The third-order valence-electron chi connectivity index (χ3n) is 5.29. The number of nitrogens with zero attached hydrogens (tertiary/aromatic N) is 2. The Labute approximate surface area is 169 Å². The summed E-state index contributed by atoms with van der Waals surface area (Å²) in [5.41, 5.74) is 1.55. The predicted octanol–water partition coefficient (Wildman–Crippen LogP) is 3.05. The maximum atomic E-state index is 12.9. The molecule has 0 saturated carbocycles. The molecule has 8 nitrogen and oxygen atoms in total. The van der Waals surface area contributed by atoms with Crippen LogP contribution in [0.1, 0.15) is 23.6 Å². The van der Waals surface area contributed by atoms with Crippen LogP contribution in [0.5, 0.6) is 17.2 Å². The number of carbonyl (C=O) groups is 1. The lowest BCUT2D eigenvalue weighted by molar-refractivity contribution is -0.135. The molecule has 150 valence electrons. The minimum atomic E-state index is -0.463. The van der Waals surface area contributed by atoms with Crippen LogP contribution in [0.25, 0.3) is 22.3 Å². The number of rotatable bonds is 2. The zero-order chi connectivity index (χ0) is 21.0. The van der Waals surface area contributed by atoms with Gasteiger partial charge in [0.15, 0.2) is 5.43 Å². The molecule has 8 heteroatoms. The molecule has 0 spiro atoms. The van der Waals surface area contributed by atoms with Gasteiger partial charge in [-0.1, -0.05) is 0 Å². The van der Waals surface area contributed by atoms with Gasteiger partial charge >= 0.3 is 5.97 Å². The van der Waals surface area contributed by atoms with Gasteiger partial charge in [0, 0.05) is 48.1 Å². The van der Waals surface area contributed by atoms with Crippen LogP contribution in [0.15, 0.2) is 57.9 Å². The number of phenols is 2. The average molecular weight is 404 g/mol. The third-order valence-corrected chi connectivity index (χ3v) is 5.29. The van der Waals surface area contributed by atoms with Crippen molar-refractivity contribution >= 4 is 16.9 Å². The van der Waals surface area contributed by atoms with Crippen LogP contribution in [-0.2, 0) is 11.8 Å². The molecule has 4 aromatic rings. The molecule has 0 radical (unpaired) electrons. The highest BCUT2D eigenvalue weighted by molar-refractivity contribution is 5.93. The maximum absolute atomic E-state index is 12.9. The number of benzene rings is 2. The van der Waals surface area contributed by atoms with Crippen LogP contribution >= 0.6 is 0 Å². The number of aryl methyl sites for hydroxylation is 1. The Kier molecular flexibility index (Phi) is 3.89. The second-order valence-corrected chi connectivity index (χ2v) is 7.14. The summed E-state index contributed by atoms with van der Waals surface area (Å²) in [5.74, 6) is -0.748. The Morgan fingerprint density at radius 1 is 1.10 bits per heavy atom. The second-order valence-electron chi connectivity index (χ2n) is 7.14. The molecule has 0 amide bonds. The largest absolute Gasteiger partial charge is 0.508 e. The summed E-state index contributed by atoms with van der Waals surface area (Å²) in [6.07, 6.45) is 1.66. The number of hydrogen-bond donors (Lipinski definition) is 2. The Balaban J connectivity index is 1.84.